The highest BCUT2D eigenvalue weighted by atomic mass is 16.6. The third kappa shape index (κ3) is 3.03. The molecule has 0 bridgehead atoms. The van der Waals surface area contributed by atoms with Crippen molar-refractivity contribution in [3.8, 4) is 5.75 Å². The molecule has 0 radical (unpaired) electrons. The number of non-ortho nitro benzene ring substituents is 1. The van der Waals surface area contributed by atoms with E-state index >= 15 is 0 Å². The molecule has 102 valence electrons. The molecule has 0 spiro atoms. The molecule has 0 unspecified atom stereocenters. The van der Waals surface area contributed by atoms with Crippen molar-refractivity contribution in [3.05, 3.63) is 69.3 Å². The quantitative estimate of drug-likeness (QED) is 0.477. The molecule has 2 aromatic rings. The van der Waals surface area contributed by atoms with Crippen LogP contribution in [0.25, 0.3) is 12.2 Å². The summed E-state index contributed by atoms with van der Waals surface area (Å²) in [4.78, 5) is 10.2. The average Bonchev–Trinajstić information content (AvgIpc) is 2.45. The minimum absolute atomic E-state index is 0.0929. The van der Waals surface area contributed by atoms with E-state index in [-0.39, 0.29) is 5.69 Å². The zero-order valence-electron chi connectivity index (χ0n) is 11.4. The number of hydrogen-bond acceptors (Lipinski definition) is 3. The number of methoxy groups -OCH3 is 1. The second-order valence-electron chi connectivity index (χ2n) is 4.38. The fourth-order valence-electron chi connectivity index (χ4n) is 1.98. The van der Waals surface area contributed by atoms with E-state index in [0.717, 1.165) is 22.4 Å². The highest BCUT2D eigenvalue weighted by molar-refractivity contribution is 5.73. The number of ether oxygens (including phenoxy) is 1. The van der Waals surface area contributed by atoms with Gasteiger partial charge >= 0.3 is 0 Å². The van der Waals surface area contributed by atoms with Crippen molar-refractivity contribution in [2.75, 3.05) is 7.11 Å². The Morgan fingerprint density at radius 1 is 1.10 bits per heavy atom. The van der Waals surface area contributed by atoms with Crippen LogP contribution in [0, 0.1) is 17.0 Å². The fraction of sp³-hybridized carbons (Fsp3) is 0.125. The smallest absolute Gasteiger partial charge is 0.269 e. The molecule has 0 aliphatic rings. The molecule has 2 rings (SSSR count). The molecule has 4 heteroatoms. The van der Waals surface area contributed by atoms with Crippen LogP contribution in [0.2, 0.25) is 0 Å². The highest BCUT2D eigenvalue weighted by Gasteiger charge is 2.04. The Bertz CT molecular complexity index is 645. The van der Waals surface area contributed by atoms with Gasteiger partial charge in [-0.15, -0.1) is 0 Å². The van der Waals surface area contributed by atoms with Gasteiger partial charge in [0.15, 0.2) is 0 Å². The maximum absolute atomic E-state index is 10.6. The standard InChI is InChI=1S/C16H15NO3/c1-12-4-3-5-14(16(12)20-2)9-6-13-7-10-15(11-8-13)17(18)19/h3-11H,1-2H3. The van der Waals surface area contributed by atoms with Gasteiger partial charge in [-0.3, -0.25) is 10.1 Å². The number of para-hydroxylation sites is 1. The first-order chi connectivity index (χ1) is 9.61. The lowest BCUT2D eigenvalue weighted by molar-refractivity contribution is -0.384. The second kappa shape index (κ2) is 6.02. The lowest BCUT2D eigenvalue weighted by Crippen LogP contribution is -1.90. The molecule has 0 heterocycles. The Balaban J connectivity index is 2.25. The number of nitro groups is 1. The van der Waals surface area contributed by atoms with Crippen LogP contribution in [0.5, 0.6) is 5.75 Å². The average molecular weight is 269 g/mol. The molecule has 20 heavy (non-hydrogen) atoms. The fourth-order valence-corrected chi connectivity index (χ4v) is 1.98. The lowest BCUT2D eigenvalue weighted by atomic mass is 10.1. The van der Waals surface area contributed by atoms with Gasteiger partial charge in [0.05, 0.1) is 12.0 Å². The summed E-state index contributed by atoms with van der Waals surface area (Å²) in [5.41, 5.74) is 3.04. The van der Waals surface area contributed by atoms with Crippen molar-refractivity contribution in [2.24, 2.45) is 0 Å². The van der Waals surface area contributed by atoms with Gasteiger partial charge in [-0.25, -0.2) is 0 Å². The van der Waals surface area contributed by atoms with Crippen molar-refractivity contribution >= 4 is 17.8 Å². The van der Waals surface area contributed by atoms with E-state index in [9.17, 15) is 10.1 Å². The van der Waals surface area contributed by atoms with Crippen LogP contribution in [0.3, 0.4) is 0 Å². The Morgan fingerprint density at radius 3 is 2.40 bits per heavy atom. The Kier molecular flexibility index (Phi) is 4.15. The van der Waals surface area contributed by atoms with E-state index in [2.05, 4.69) is 0 Å². The summed E-state index contributed by atoms with van der Waals surface area (Å²) < 4.78 is 5.37. The molecular weight excluding hydrogens is 254 g/mol. The molecule has 4 nitrogen and oxygen atoms in total. The van der Waals surface area contributed by atoms with Gasteiger partial charge in [-0.2, -0.15) is 0 Å². The van der Waals surface area contributed by atoms with Crippen LogP contribution in [0.4, 0.5) is 5.69 Å². The number of benzene rings is 2. The maximum atomic E-state index is 10.6. The van der Waals surface area contributed by atoms with Crippen LogP contribution < -0.4 is 4.74 Å². The molecule has 0 amide bonds. The van der Waals surface area contributed by atoms with Crippen LogP contribution in [0.1, 0.15) is 16.7 Å². The maximum Gasteiger partial charge on any atom is 0.269 e. The Hall–Kier alpha value is -2.62. The van der Waals surface area contributed by atoms with Crippen molar-refractivity contribution < 1.29 is 9.66 Å². The molecule has 0 fully saturated rings. The number of nitrogens with zero attached hydrogens (tertiary/aromatic N) is 1. The monoisotopic (exact) mass is 269 g/mol. The minimum atomic E-state index is -0.406. The first kappa shape index (κ1) is 13.8. The van der Waals surface area contributed by atoms with Gasteiger partial charge in [0.1, 0.15) is 5.75 Å². The third-order valence-electron chi connectivity index (χ3n) is 3.01. The van der Waals surface area contributed by atoms with Crippen LogP contribution in [0.15, 0.2) is 42.5 Å². The van der Waals surface area contributed by atoms with E-state index in [1.54, 1.807) is 19.2 Å². The molecule has 0 saturated heterocycles. The zero-order valence-corrected chi connectivity index (χ0v) is 11.4. The van der Waals surface area contributed by atoms with Crippen molar-refractivity contribution in [1.82, 2.24) is 0 Å². The van der Waals surface area contributed by atoms with Gasteiger partial charge < -0.3 is 4.74 Å². The zero-order chi connectivity index (χ0) is 14.5. The Morgan fingerprint density at radius 2 is 1.80 bits per heavy atom. The van der Waals surface area contributed by atoms with Crippen LogP contribution in [-0.2, 0) is 0 Å². The molecule has 0 N–H and O–H groups in total. The largest absolute Gasteiger partial charge is 0.496 e. The summed E-state index contributed by atoms with van der Waals surface area (Å²) in [5, 5.41) is 10.6. The number of aryl methyl sites for hydroxylation is 1. The highest BCUT2D eigenvalue weighted by Crippen LogP contribution is 2.25. The number of rotatable bonds is 4. The summed E-state index contributed by atoms with van der Waals surface area (Å²) in [7, 11) is 1.64. The van der Waals surface area contributed by atoms with E-state index in [1.165, 1.54) is 12.1 Å². The van der Waals surface area contributed by atoms with E-state index in [1.807, 2.05) is 37.3 Å². The first-order valence-electron chi connectivity index (χ1n) is 6.18. The van der Waals surface area contributed by atoms with Crippen LogP contribution in [-0.4, -0.2) is 12.0 Å². The first-order valence-corrected chi connectivity index (χ1v) is 6.18. The van der Waals surface area contributed by atoms with Crippen LogP contribution >= 0.6 is 0 Å². The predicted molar refractivity (Wildman–Crippen MR) is 79.8 cm³/mol. The van der Waals surface area contributed by atoms with Gasteiger partial charge in [0, 0.05) is 17.7 Å². The number of nitro benzene ring substituents is 1. The van der Waals surface area contributed by atoms with Gasteiger partial charge in [-0.05, 0) is 30.2 Å². The third-order valence-corrected chi connectivity index (χ3v) is 3.01. The van der Waals surface area contributed by atoms with Crippen molar-refractivity contribution in [2.45, 2.75) is 6.92 Å². The van der Waals surface area contributed by atoms with E-state index < -0.39 is 4.92 Å². The van der Waals surface area contributed by atoms with Gasteiger partial charge in [0.25, 0.3) is 5.69 Å². The lowest BCUT2D eigenvalue weighted by Gasteiger charge is -2.07. The summed E-state index contributed by atoms with van der Waals surface area (Å²) in [6.07, 6.45) is 3.84. The van der Waals surface area contributed by atoms with E-state index in [4.69, 9.17) is 4.74 Å². The van der Waals surface area contributed by atoms with Gasteiger partial charge in [0.2, 0.25) is 0 Å². The molecule has 0 aliphatic heterocycles. The summed E-state index contributed by atoms with van der Waals surface area (Å²) >= 11 is 0. The van der Waals surface area contributed by atoms with Crippen molar-refractivity contribution in [3.63, 3.8) is 0 Å². The Labute approximate surface area is 117 Å². The number of hydrogen-bond donors (Lipinski definition) is 0. The molecule has 0 atom stereocenters. The minimum Gasteiger partial charge on any atom is -0.496 e. The van der Waals surface area contributed by atoms with E-state index in [0.29, 0.717) is 0 Å². The van der Waals surface area contributed by atoms with Gasteiger partial charge in [-0.1, -0.05) is 30.4 Å². The molecule has 0 aliphatic carbocycles. The molecule has 0 aromatic heterocycles. The molecule has 2 aromatic carbocycles. The summed E-state index contributed by atoms with van der Waals surface area (Å²) in [6, 6.07) is 12.3. The predicted octanol–water partition coefficient (Wildman–Crippen LogP) is 4.08. The molecular formula is C16H15NO3. The summed E-state index contributed by atoms with van der Waals surface area (Å²) in [5.74, 6) is 0.839. The summed E-state index contributed by atoms with van der Waals surface area (Å²) in [6.45, 7) is 1.99. The normalized spacial score (nSPS) is 10.7. The second-order valence-corrected chi connectivity index (χ2v) is 4.38. The molecule has 0 saturated carbocycles. The topological polar surface area (TPSA) is 52.4 Å². The van der Waals surface area contributed by atoms with Crippen molar-refractivity contribution in [1.29, 1.82) is 0 Å². The SMILES string of the molecule is COc1c(C)cccc1C=Cc1ccc([N+](=O)[O-])cc1.